The van der Waals surface area contributed by atoms with Gasteiger partial charge in [0.25, 0.3) is 0 Å². The maximum Gasteiger partial charge on any atom is 0.345 e. The summed E-state index contributed by atoms with van der Waals surface area (Å²) in [5, 5.41) is 0. The van der Waals surface area contributed by atoms with E-state index in [-0.39, 0.29) is 6.54 Å². The fourth-order valence-electron chi connectivity index (χ4n) is 1.30. The Labute approximate surface area is 74.8 Å². The summed E-state index contributed by atoms with van der Waals surface area (Å²) in [6, 6.07) is 0. The van der Waals surface area contributed by atoms with Crippen LogP contribution in [0.15, 0.2) is 0 Å². The van der Waals surface area contributed by atoms with Crippen LogP contribution in [0.1, 0.15) is 12.8 Å². The van der Waals surface area contributed by atoms with E-state index in [1.54, 1.807) is 11.8 Å². The molecule has 1 saturated heterocycles. The monoisotopic (exact) mass is 197 g/mol. The number of alkyl halides is 2. The van der Waals surface area contributed by atoms with Crippen LogP contribution in [-0.2, 0) is 4.74 Å². The fraction of sp³-hybridized carbons (Fsp3) is 1.00. The second kappa shape index (κ2) is 4.39. The quantitative estimate of drug-likeness (QED) is 0.743. The van der Waals surface area contributed by atoms with Gasteiger partial charge in [-0.1, -0.05) is 0 Å². The second-order valence-electron chi connectivity index (χ2n) is 2.88. The molecule has 0 spiro atoms. The van der Waals surface area contributed by atoms with Crippen molar-refractivity contribution in [3.05, 3.63) is 0 Å². The van der Waals surface area contributed by atoms with Gasteiger partial charge in [-0.2, -0.15) is 20.5 Å². The molecule has 72 valence electrons. The first kappa shape index (κ1) is 10.2. The molecule has 0 bridgehead atoms. The minimum Gasteiger partial charge on any atom is -0.328 e. The summed E-state index contributed by atoms with van der Waals surface area (Å²) in [5.41, 5.74) is 4.67. The third-order valence-corrected chi connectivity index (χ3v) is 3.10. The first-order valence-electron chi connectivity index (χ1n) is 3.92. The Balaban J connectivity index is 2.48. The Hall–Kier alpha value is 0.130. The predicted molar refractivity (Wildman–Crippen MR) is 45.4 cm³/mol. The van der Waals surface area contributed by atoms with Crippen LogP contribution in [0, 0.1) is 0 Å². The van der Waals surface area contributed by atoms with Crippen molar-refractivity contribution in [1.29, 1.82) is 0 Å². The van der Waals surface area contributed by atoms with E-state index in [9.17, 15) is 8.78 Å². The van der Waals surface area contributed by atoms with Crippen LogP contribution in [0.25, 0.3) is 0 Å². The molecule has 0 radical (unpaired) electrons. The molecule has 0 unspecified atom stereocenters. The van der Waals surface area contributed by atoms with Crippen molar-refractivity contribution in [2.24, 2.45) is 5.73 Å². The molecule has 1 aliphatic heterocycles. The molecule has 2 N–H and O–H groups in total. The lowest BCUT2D eigenvalue weighted by atomic mass is 9.97. The number of rotatable bonds is 3. The van der Waals surface area contributed by atoms with Gasteiger partial charge >= 0.3 is 6.61 Å². The van der Waals surface area contributed by atoms with Gasteiger partial charge in [0, 0.05) is 6.54 Å². The third kappa shape index (κ3) is 2.57. The van der Waals surface area contributed by atoms with Gasteiger partial charge in [-0.05, 0) is 24.3 Å². The standard InChI is InChI=1S/C7H13F2NOS/c8-6(9)11-7(5-10)1-3-12-4-2-7/h6H,1-5,10H2. The highest BCUT2D eigenvalue weighted by atomic mass is 32.2. The number of thioether (sulfide) groups is 1. The largest absolute Gasteiger partial charge is 0.345 e. The molecule has 1 heterocycles. The van der Waals surface area contributed by atoms with Gasteiger partial charge in [-0.15, -0.1) is 0 Å². The highest BCUT2D eigenvalue weighted by molar-refractivity contribution is 7.99. The summed E-state index contributed by atoms with van der Waals surface area (Å²) < 4.78 is 28.5. The van der Waals surface area contributed by atoms with Crippen LogP contribution in [0.3, 0.4) is 0 Å². The summed E-state index contributed by atoms with van der Waals surface area (Å²) in [4.78, 5) is 0. The average molecular weight is 197 g/mol. The lowest BCUT2D eigenvalue weighted by Gasteiger charge is -2.35. The van der Waals surface area contributed by atoms with Crippen LogP contribution in [0.5, 0.6) is 0 Å². The minimum absolute atomic E-state index is 0.192. The molecule has 0 aromatic heterocycles. The van der Waals surface area contributed by atoms with E-state index in [4.69, 9.17) is 5.73 Å². The van der Waals surface area contributed by atoms with E-state index in [0.717, 1.165) is 11.5 Å². The molecule has 1 aliphatic rings. The summed E-state index contributed by atoms with van der Waals surface area (Å²) >= 11 is 1.76. The third-order valence-electron chi connectivity index (χ3n) is 2.12. The zero-order valence-corrected chi connectivity index (χ0v) is 7.58. The first-order valence-corrected chi connectivity index (χ1v) is 5.08. The Morgan fingerprint density at radius 3 is 2.42 bits per heavy atom. The van der Waals surface area contributed by atoms with Crippen LogP contribution in [0.4, 0.5) is 8.78 Å². The average Bonchev–Trinajstić information content (AvgIpc) is 2.05. The van der Waals surface area contributed by atoms with E-state index in [1.807, 2.05) is 0 Å². The van der Waals surface area contributed by atoms with E-state index in [0.29, 0.717) is 12.8 Å². The molecule has 1 fully saturated rings. The fourth-order valence-corrected chi connectivity index (χ4v) is 2.54. The Kier molecular flexibility index (Phi) is 3.74. The van der Waals surface area contributed by atoms with Gasteiger partial charge in [0.05, 0.1) is 5.60 Å². The normalized spacial score (nSPS) is 23.0. The van der Waals surface area contributed by atoms with Crippen LogP contribution in [-0.4, -0.2) is 30.3 Å². The van der Waals surface area contributed by atoms with Crippen LogP contribution >= 0.6 is 11.8 Å². The molecule has 0 aliphatic carbocycles. The van der Waals surface area contributed by atoms with Gasteiger partial charge in [-0.25, -0.2) is 0 Å². The van der Waals surface area contributed by atoms with Crippen LogP contribution in [0.2, 0.25) is 0 Å². The smallest absolute Gasteiger partial charge is 0.328 e. The van der Waals surface area contributed by atoms with Gasteiger partial charge < -0.3 is 10.5 Å². The maximum absolute atomic E-state index is 12.0. The molecule has 12 heavy (non-hydrogen) atoms. The highest BCUT2D eigenvalue weighted by Gasteiger charge is 2.34. The number of hydrogen-bond donors (Lipinski definition) is 1. The zero-order chi connectivity index (χ0) is 9.03. The molecule has 5 heteroatoms. The summed E-state index contributed by atoms with van der Waals surface area (Å²) in [6.07, 6.45) is 1.27. The van der Waals surface area contributed by atoms with Crippen LogP contribution < -0.4 is 5.73 Å². The molecule has 0 amide bonds. The summed E-state index contributed by atoms with van der Waals surface area (Å²) in [6.45, 7) is -2.51. The number of nitrogens with two attached hydrogens (primary N) is 1. The summed E-state index contributed by atoms with van der Waals surface area (Å²) in [5.74, 6) is 1.73. The minimum atomic E-state index is -2.70. The van der Waals surface area contributed by atoms with Crippen molar-refractivity contribution in [3.8, 4) is 0 Å². The van der Waals surface area contributed by atoms with Gasteiger partial charge in [0.1, 0.15) is 0 Å². The predicted octanol–water partition coefficient (Wildman–Crippen LogP) is 1.45. The molecule has 0 saturated carbocycles. The molecular formula is C7H13F2NOS. The summed E-state index contributed by atoms with van der Waals surface area (Å²) in [7, 11) is 0. The van der Waals surface area contributed by atoms with Crippen molar-refractivity contribution in [2.45, 2.75) is 25.1 Å². The van der Waals surface area contributed by atoms with Gasteiger partial charge in [-0.3, -0.25) is 0 Å². The SMILES string of the molecule is NCC1(OC(F)F)CCSCC1. The van der Waals surface area contributed by atoms with Gasteiger partial charge in [0.15, 0.2) is 0 Å². The maximum atomic E-state index is 12.0. The van der Waals surface area contributed by atoms with Crippen molar-refractivity contribution in [3.63, 3.8) is 0 Å². The lowest BCUT2D eigenvalue weighted by Crippen LogP contribution is -2.45. The van der Waals surface area contributed by atoms with E-state index >= 15 is 0 Å². The Morgan fingerprint density at radius 2 is 2.00 bits per heavy atom. The molecule has 1 rings (SSSR count). The first-order chi connectivity index (χ1) is 5.68. The molecule has 2 nitrogen and oxygen atoms in total. The Bertz CT molecular complexity index is 139. The molecule has 0 atom stereocenters. The number of hydrogen-bond acceptors (Lipinski definition) is 3. The highest BCUT2D eigenvalue weighted by Crippen LogP contribution is 2.30. The van der Waals surface area contributed by atoms with Gasteiger partial charge in [0.2, 0.25) is 0 Å². The van der Waals surface area contributed by atoms with Crippen molar-refractivity contribution < 1.29 is 13.5 Å². The van der Waals surface area contributed by atoms with Crippen molar-refractivity contribution in [2.75, 3.05) is 18.1 Å². The Morgan fingerprint density at radius 1 is 1.42 bits per heavy atom. The molecule has 0 aromatic carbocycles. The van der Waals surface area contributed by atoms with Crippen molar-refractivity contribution >= 4 is 11.8 Å². The molecular weight excluding hydrogens is 184 g/mol. The number of halogens is 2. The topological polar surface area (TPSA) is 35.2 Å². The second-order valence-corrected chi connectivity index (χ2v) is 4.10. The van der Waals surface area contributed by atoms with E-state index in [1.165, 1.54) is 0 Å². The number of ether oxygens (including phenoxy) is 1. The lowest BCUT2D eigenvalue weighted by molar-refractivity contribution is -0.207. The molecule has 0 aromatic rings. The van der Waals surface area contributed by atoms with Crippen molar-refractivity contribution in [1.82, 2.24) is 0 Å². The zero-order valence-electron chi connectivity index (χ0n) is 6.76. The van der Waals surface area contributed by atoms with E-state index < -0.39 is 12.2 Å². The van der Waals surface area contributed by atoms with E-state index in [2.05, 4.69) is 4.74 Å².